The molecule has 2 aromatic rings. The molecule has 1 aliphatic heterocycles. The van der Waals surface area contributed by atoms with Crippen molar-refractivity contribution in [2.75, 3.05) is 6.79 Å². The molecule has 1 aliphatic rings. The van der Waals surface area contributed by atoms with Crippen LogP contribution in [0.25, 0.3) is 0 Å². The lowest BCUT2D eigenvalue weighted by Gasteiger charge is -2.09. The summed E-state index contributed by atoms with van der Waals surface area (Å²) < 4.78 is 15.8. The second-order valence-corrected chi connectivity index (χ2v) is 4.96. The van der Waals surface area contributed by atoms with Gasteiger partial charge in [0.2, 0.25) is 6.79 Å². The van der Waals surface area contributed by atoms with E-state index in [-0.39, 0.29) is 6.79 Å². The Morgan fingerprint density at radius 1 is 1.22 bits per heavy atom. The lowest BCUT2D eigenvalue weighted by Crippen LogP contribution is -2.22. The van der Waals surface area contributed by atoms with E-state index in [4.69, 9.17) is 19.3 Å². The van der Waals surface area contributed by atoms with E-state index in [2.05, 4.69) is 4.99 Å². The molecule has 1 heterocycles. The first-order chi connectivity index (χ1) is 11.1. The molecule has 1 atom stereocenters. The molecule has 6 nitrogen and oxygen atoms in total. The first-order valence-electron chi connectivity index (χ1n) is 7.05. The van der Waals surface area contributed by atoms with Crippen molar-refractivity contribution in [2.45, 2.75) is 13.0 Å². The maximum Gasteiger partial charge on any atom is 0.344 e. The Morgan fingerprint density at radius 3 is 2.70 bits per heavy atom. The highest BCUT2D eigenvalue weighted by Crippen LogP contribution is 2.35. The van der Waals surface area contributed by atoms with E-state index in [1.165, 1.54) is 6.92 Å². The number of carboxylic acid groups (broad SMARTS) is 1. The number of hydrogen-bond donors (Lipinski definition) is 1. The van der Waals surface area contributed by atoms with Gasteiger partial charge in [-0.15, -0.1) is 0 Å². The minimum Gasteiger partial charge on any atom is -0.479 e. The van der Waals surface area contributed by atoms with E-state index >= 15 is 0 Å². The summed E-state index contributed by atoms with van der Waals surface area (Å²) >= 11 is 0. The Morgan fingerprint density at radius 2 is 1.96 bits per heavy atom. The Kier molecular flexibility index (Phi) is 4.14. The Hall–Kier alpha value is -3.02. The van der Waals surface area contributed by atoms with Gasteiger partial charge < -0.3 is 19.3 Å². The van der Waals surface area contributed by atoms with E-state index in [9.17, 15) is 4.79 Å². The van der Waals surface area contributed by atoms with Gasteiger partial charge in [0.05, 0.1) is 5.69 Å². The largest absolute Gasteiger partial charge is 0.479 e. The van der Waals surface area contributed by atoms with Gasteiger partial charge in [-0.25, -0.2) is 4.79 Å². The summed E-state index contributed by atoms with van der Waals surface area (Å²) in [5, 5.41) is 8.81. The molecule has 0 radical (unpaired) electrons. The molecule has 0 aromatic heterocycles. The van der Waals surface area contributed by atoms with Crippen LogP contribution in [-0.2, 0) is 4.79 Å². The van der Waals surface area contributed by atoms with Crippen LogP contribution < -0.4 is 14.2 Å². The maximum atomic E-state index is 10.7. The molecule has 0 saturated carbocycles. The molecule has 1 N–H and O–H groups in total. The first-order valence-corrected chi connectivity index (χ1v) is 7.05. The smallest absolute Gasteiger partial charge is 0.344 e. The molecule has 0 fully saturated rings. The number of benzene rings is 2. The number of carboxylic acids is 1. The molecule has 0 aliphatic carbocycles. The molecule has 23 heavy (non-hydrogen) atoms. The van der Waals surface area contributed by atoms with Gasteiger partial charge in [-0.05, 0) is 48.9 Å². The summed E-state index contributed by atoms with van der Waals surface area (Å²) in [4.78, 5) is 15.1. The molecule has 0 unspecified atom stereocenters. The Bertz CT molecular complexity index is 739. The average Bonchev–Trinajstić information content (AvgIpc) is 3.01. The third-order valence-corrected chi connectivity index (χ3v) is 3.26. The molecule has 6 heteroatoms. The summed E-state index contributed by atoms with van der Waals surface area (Å²) in [6.07, 6.45) is 0.824. The molecule has 0 saturated heterocycles. The Balaban J connectivity index is 1.67. The van der Waals surface area contributed by atoms with Crippen LogP contribution >= 0.6 is 0 Å². The zero-order chi connectivity index (χ0) is 16.2. The highest BCUT2D eigenvalue weighted by molar-refractivity contribution is 5.82. The van der Waals surface area contributed by atoms with Crippen molar-refractivity contribution in [1.29, 1.82) is 0 Å². The van der Waals surface area contributed by atoms with Crippen LogP contribution in [0.15, 0.2) is 47.5 Å². The third kappa shape index (κ3) is 3.60. The zero-order valence-electron chi connectivity index (χ0n) is 12.4. The van der Waals surface area contributed by atoms with Crippen LogP contribution in [0.1, 0.15) is 12.5 Å². The number of nitrogens with zero attached hydrogens (tertiary/aromatic N) is 1. The number of carbonyl (C=O) groups is 1. The van der Waals surface area contributed by atoms with Crippen molar-refractivity contribution in [3.63, 3.8) is 0 Å². The SMILES string of the molecule is C[C@H](Oc1ccc(C=Nc2ccc3c(c2)OCO3)cc1)C(=O)O. The van der Waals surface area contributed by atoms with Gasteiger partial charge in [0.25, 0.3) is 0 Å². The van der Waals surface area contributed by atoms with Crippen LogP contribution in [-0.4, -0.2) is 30.2 Å². The van der Waals surface area contributed by atoms with Gasteiger partial charge in [0, 0.05) is 12.3 Å². The van der Waals surface area contributed by atoms with Gasteiger partial charge in [-0.2, -0.15) is 0 Å². The van der Waals surface area contributed by atoms with Gasteiger partial charge in [0.1, 0.15) is 5.75 Å². The van der Waals surface area contributed by atoms with Crippen molar-refractivity contribution in [2.24, 2.45) is 4.99 Å². The van der Waals surface area contributed by atoms with Gasteiger partial charge in [0.15, 0.2) is 17.6 Å². The highest BCUT2D eigenvalue weighted by atomic mass is 16.7. The topological polar surface area (TPSA) is 77.3 Å². The van der Waals surface area contributed by atoms with Crippen molar-refractivity contribution in [3.05, 3.63) is 48.0 Å². The molecular formula is C17H15NO5. The van der Waals surface area contributed by atoms with Crippen LogP contribution in [0.5, 0.6) is 17.2 Å². The van der Waals surface area contributed by atoms with Crippen molar-refractivity contribution in [1.82, 2.24) is 0 Å². The molecular weight excluding hydrogens is 298 g/mol. The van der Waals surface area contributed by atoms with Crippen LogP contribution in [0, 0.1) is 0 Å². The van der Waals surface area contributed by atoms with Gasteiger partial charge >= 0.3 is 5.97 Å². The molecule has 0 spiro atoms. The minimum absolute atomic E-state index is 0.235. The van der Waals surface area contributed by atoms with Gasteiger partial charge in [-0.3, -0.25) is 4.99 Å². The van der Waals surface area contributed by atoms with Gasteiger partial charge in [-0.1, -0.05) is 0 Å². The van der Waals surface area contributed by atoms with E-state index in [0.29, 0.717) is 11.5 Å². The van der Waals surface area contributed by atoms with E-state index in [1.807, 2.05) is 18.2 Å². The standard InChI is InChI=1S/C17H15NO5/c1-11(17(19)20)23-14-5-2-12(3-6-14)9-18-13-4-7-15-16(8-13)22-10-21-15/h2-9,11H,10H2,1H3,(H,19,20)/t11-/m0/s1. The average molecular weight is 313 g/mol. The summed E-state index contributed by atoms with van der Waals surface area (Å²) in [7, 11) is 0. The summed E-state index contributed by atoms with van der Waals surface area (Å²) in [5.41, 5.74) is 1.63. The predicted octanol–water partition coefficient (Wildman–Crippen LogP) is 3.02. The van der Waals surface area contributed by atoms with Crippen molar-refractivity contribution in [3.8, 4) is 17.2 Å². The predicted molar refractivity (Wildman–Crippen MR) is 84.0 cm³/mol. The number of rotatable bonds is 5. The van der Waals surface area contributed by atoms with E-state index in [0.717, 1.165) is 17.0 Å². The number of aliphatic imine (C=N–C) groups is 1. The monoisotopic (exact) mass is 313 g/mol. The number of hydrogen-bond acceptors (Lipinski definition) is 5. The number of fused-ring (bicyclic) bond motifs is 1. The molecule has 2 aromatic carbocycles. The number of ether oxygens (including phenoxy) is 3. The first kappa shape index (κ1) is 14.9. The summed E-state index contributed by atoms with van der Waals surface area (Å²) in [6, 6.07) is 12.5. The van der Waals surface area contributed by atoms with Crippen molar-refractivity contribution >= 4 is 17.9 Å². The quantitative estimate of drug-likeness (QED) is 0.859. The molecule has 118 valence electrons. The lowest BCUT2D eigenvalue weighted by atomic mass is 10.2. The van der Waals surface area contributed by atoms with Crippen LogP contribution in [0.4, 0.5) is 5.69 Å². The normalized spacial score (nSPS) is 14.0. The second-order valence-electron chi connectivity index (χ2n) is 4.96. The summed E-state index contributed by atoms with van der Waals surface area (Å²) in [5.74, 6) is 0.905. The van der Waals surface area contributed by atoms with E-state index < -0.39 is 12.1 Å². The second kappa shape index (κ2) is 6.39. The third-order valence-electron chi connectivity index (χ3n) is 3.26. The van der Waals surface area contributed by atoms with E-state index in [1.54, 1.807) is 30.5 Å². The fourth-order valence-electron chi connectivity index (χ4n) is 2.00. The van der Waals surface area contributed by atoms with Crippen molar-refractivity contribution < 1.29 is 24.1 Å². The highest BCUT2D eigenvalue weighted by Gasteiger charge is 2.13. The minimum atomic E-state index is -1.00. The lowest BCUT2D eigenvalue weighted by molar-refractivity contribution is -0.144. The molecule has 0 amide bonds. The molecule has 0 bridgehead atoms. The number of aliphatic carboxylic acids is 1. The zero-order valence-corrected chi connectivity index (χ0v) is 12.4. The van der Waals surface area contributed by atoms with Crippen LogP contribution in [0.3, 0.4) is 0 Å². The van der Waals surface area contributed by atoms with Crippen LogP contribution in [0.2, 0.25) is 0 Å². The fourth-order valence-corrected chi connectivity index (χ4v) is 2.00. The molecule has 3 rings (SSSR count). The fraction of sp³-hybridized carbons (Fsp3) is 0.176. The maximum absolute atomic E-state index is 10.7. The summed E-state index contributed by atoms with van der Waals surface area (Å²) in [6.45, 7) is 1.72. The Labute approximate surface area is 132 Å².